The quantitative estimate of drug-likeness (QED) is 0.759. The summed E-state index contributed by atoms with van der Waals surface area (Å²) in [5.74, 6) is -0.0430. The highest BCUT2D eigenvalue weighted by Gasteiger charge is 2.45. The molecule has 8 heteroatoms. The number of halogens is 2. The van der Waals surface area contributed by atoms with Crippen LogP contribution in [0.1, 0.15) is 29.6 Å². The summed E-state index contributed by atoms with van der Waals surface area (Å²) in [6.07, 6.45) is 1.01. The van der Waals surface area contributed by atoms with E-state index in [0.29, 0.717) is 29.2 Å². The molecule has 0 bridgehead atoms. The molecule has 0 aliphatic carbocycles. The molecule has 5 nitrogen and oxygen atoms in total. The number of hydrogen-bond acceptors (Lipinski definition) is 4. The number of hydrogen-bond donors (Lipinski definition) is 0. The Bertz CT molecular complexity index is 999. The van der Waals surface area contributed by atoms with E-state index in [9.17, 15) is 17.6 Å². The summed E-state index contributed by atoms with van der Waals surface area (Å²) in [7, 11) is -3.71. The Morgan fingerprint density at radius 2 is 1.74 bits per heavy atom. The molecule has 0 atom stereocenters. The number of piperidine rings is 1. The van der Waals surface area contributed by atoms with Crippen molar-refractivity contribution in [2.75, 3.05) is 13.1 Å². The number of ether oxygens (including phenoxy) is 1. The van der Waals surface area contributed by atoms with Crippen LogP contribution in [0.15, 0.2) is 47.4 Å². The lowest BCUT2D eigenvalue weighted by Crippen LogP contribution is -2.52. The van der Waals surface area contributed by atoms with Crippen LogP contribution in [0.25, 0.3) is 0 Å². The molecule has 2 aromatic carbocycles. The van der Waals surface area contributed by atoms with E-state index in [1.165, 1.54) is 16.4 Å². The van der Waals surface area contributed by atoms with Gasteiger partial charge in [-0.25, -0.2) is 12.8 Å². The SMILES string of the molecule is O=C1CC2(CCN(S(=O)(=O)c3ccc(F)cc3)CC2)Oc2ccc(Cl)cc21. The third-order valence-electron chi connectivity index (χ3n) is 5.14. The van der Waals surface area contributed by atoms with Gasteiger partial charge in [0.1, 0.15) is 17.2 Å². The van der Waals surface area contributed by atoms with Crippen LogP contribution in [0.3, 0.4) is 0 Å². The smallest absolute Gasteiger partial charge is 0.243 e. The van der Waals surface area contributed by atoms with E-state index in [2.05, 4.69) is 0 Å². The third kappa shape index (κ3) is 3.35. The minimum Gasteiger partial charge on any atom is -0.486 e. The average molecular weight is 410 g/mol. The predicted molar refractivity (Wildman–Crippen MR) is 98.2 cm³/mol. The summed E-state index contributed by atoms with van der Waals surface area (Å²) in [6.45, 7) is 0.464. The lowest BCUT2D eigenvalue weighted by Gasteiger charge is -2.43. The van der Waals surface area contributed by atoms with E-state index in [1.807, 2.05) is 0 Å². The van der Waals surface area contributed by atoms with Crippen molar-refractivity contribution in [3.05, 3.63) is 58.9 Å². The second-order valence-electron chi connectivity index (χ2n) is 6.88. The van der Waals surface area contributed by atoms with Crippen LogP contribution in [0.5, 0.6) is 5.75 Å². The minimum atomic E-state index is -3.71. The fourth-order valence-electron chi connectivity index (χ4n) is 3.63. The molecule has 2 aromatic rings. The van der Waals surface area contributed by atoms with Crippen molar-refractivity contribution in [1.82, 2.24) is 4.31 Å². The average Bonchev–Trinajstić information content (AvgIpc) is 2.63. The Labute approximate surface area is 161 Å². The molecule has 2 heterocycles. The molecule has 0 aromatic heterocycles. The molecule has 27 heavy (non-hydrogen) atoms. The molecule has 0 N–H and O–H groups in total. The standard InChI is InChI=1S/C19H17ClFNO4S/c20-13-1-6-18-16(11-13)17(23)12-19(26-18)7-9-22(10-8-19)27(24,25)15-4-2-14(21)3-5-15/h1-6,11H,7-10,12H2. The number of Topliss-reactive ketones (excluding diaryl/α,β-unsaturated/α-hetero) is 1. The molecule has 142 valence electrons. The molecule has 0 amide bonds. The number of sulfonamides is 1. The molecule has 4 rings (SSSR count). The van der Waals surface area contributed by atoms with Crippen LogP contribution in [-0.2, 0) is 10.0 Å². The molecule has 2 aliphatic heterocycles. The van der Waals surface area contributed by atoms with Gasteiger partial charge in [0.25, 0.3) is 0 Å². The van der Waals surface area contributed by atoms with Crippen LogP contribution in [0.4, 0.5) is 4.39 Å². The van der Waals surface area contributed by atoms with Crippen molar-refractivity contribution in [2.45, 2.75) is 29.8 Å². The van der Waals surface area contributed by atoms with Gasteiger partial charge in [0.15, 0.2) is 5.78 Å². The van der Waals surface area contributed by atoms with Gasteiger partial charge in [-0.1, -0.05) is 11.6 Å². The van der Waals surface area contributed by atoms with Gasteiger partial charge in [0, 0.05) is 31.0 Å². The van der Waals surface area contributed by atoms with E-state index >= 15 is 0 Å². The molecular formula is C19H17ClFNO4S. The second-order valence-corrected chi connectivity index (χ2v) is 9.26. The maximum absolute atomic E-state index is 13.1. The number of ketones is 1. The summed E-state index contributed by atoms with van der Waals surface area (Å²) in [6, 6.07) is 9.72. The summed E-state index contributed by atoms with van der Waals surface area (Å²) in [5.41, 5.74) is -0.235. The number of carbonyl (C=O) groups is 1. The van der Waals surface area contributed by atoms with Crippen LogP contribution in [0.2, 0.25) is 5.02 Å². The minimum absolute atomic E-state index is 0.0476. The number of rotatable bonds is 2. The van der Waals surface area contributed by atoms with E-state index in [4.69, 9.17) is 16.3 Å². The second kappa shape index (κ2) is 6.58. The number of fused-ring (bicyclic) bond motifs is 1. The Hall–Kier alpha value is -1.96. The van der Waals surface area contributed by atoms with Gasteiger partial charge >= 0.3 is 0 Å². The topological polar surface area (TPSA) is 63.7 Å². The van der Waals surface area contributed by atoms with Gasteiger partial charge < -0.3 is 4.74 Å². The van der Waals surface area contributed by atoms with E-state index < -0.39 is 21.4 Å². The maximum Gasteiger partial charge on any atom is 0.243 e. The highest BCUT2D eigenvalue weighted by molar-refractivity contribution is 7.89. The van der Waals surface area contributed by atoms with Crippen molar-refractivity contribution in [3.8, 4) is 5.75 Å². The van der Waals surface area contributed by atoms with Crippen molar-refractivity contribution in [1.29, 1.82) is 0 Å². The zero-order valence-electron chi connectivity index (χ0n) is 14.3. The fourth-order valence-corrected chi connectivity index (χ4v) is 5.25. The summed E-state index contributed by atoms with van der Waals surface area (Å²) in [4.78, 5) is 12.6. The Kier molecular flexibility index (Phi) is 4.49. The van der Waals surface area contributed by atoms with Crippen LogP contribution in [-0.4, -0.2) is 37.2 Å². The Morgan fingerprint density at radius 1 is 1.07 bits per heavy atom. The van der Waals surface area contributed by atoms with Gasteiger partial charge in [-0.05, 0) is 42.5 Å². The summed E-state index contributed by atoms with van der Waals surface area (Å²) >= 11 is 5.95. The van der Waals surface area contributed by atoms with Gasteiger partial charge in [-0.3, -0.25) is 4.79 Å². The number of carbonyl (C=O) groups excluding carboxylic acids is 1. The molecule has 0 unspecified atom stereocenters. The first kappa shape index (κ1) is 18.4. The number of benzene rings is 2. The van der Waals surface area contributed by atoms with E-state index in [-0.39, 0.29) is 30.2 Å². The van der Waals surface area contributed by atoms with Gasteiger partial charge in [-0.15, -0.1) is 0 Å². The highest BCUT2D eigenvalue weighted by Crippen LogP contribution is 2.40. The van der Waals surface area contributed by atoms with E-state index in [0.717, 1.165) is 12.1 Å². The third-order valence-corrected chi connectivity index (χ3v) is 7.28. The molecule has 1 fully saturated rings. The largest absolute Gasteiger partial charge is 0.486 e. The Morgan fingerprint density at radius 3 is 2.41 bits per heavy atom. The normalized spacial score (nSPS) is 19.6. The number of nitrogens with zero attached hydrogens (tertiary/aromatic N) is 1. The first-order chi connectivity index (χ1) is 12.8. The van der Waals surface area contributed by atoms with Crippen LogP contribution >= 0.6 is 11.6 Å². The van der Waals surface area contributed by atoms with Gasteiger partial charge in [0.05, 0.1) is 16.9 Å². The molecular weight excluding hydrogens is 393 g/mol. The molecule has 0 saturated carbocycles. The first-order valence-corrected chi connectivity index (χ1v) is 10.4. The monoisotopic (exact) mass is 409 g/mol. The van der Waals surface area contributed by atoms with Crippen molar-refractivity contribution < 1.29 is 22.3 Å². The fraction of sp³-hybridized carbons (Fsp3) is 0.316. The van der Waals surface area contributed by atoms with Crippen LogP contribution < -0.4 is 4.74 Å². The van der Waals surface area contributed by atoms with Crippen LogP contribution in [0, 0.1) is 5.82 Å². The summed E-state index contributed by atoms with van der Waals surface area (Å²) in [5, 5.41) is 0.474. The lowest BCUT2D eigenvalue weighted by molar-refractivity contribution is 0.00591. The zero-order valence-corrected chi connectivity index (χ0v) is 15.9. The molecule has 1 saturated heterocycles. The van der Waals surface area contributed by atoms with Gasteiger partial charge in [-0.2, -0.15) is 4.31 Å². The van der Waals surface area contributed by atoms with Crippen molar-refractivity contribution >= 4 is 27.4 Å². The van der Waals surface area contributed by atoms with Gasteiger partial charge in [0.2, 0.25) is 10.0 Å². The summed E-state index contributed by atoms with van der Waals surface area (Å²) < 4.78 is 46.1. The van der Waals surface area contributed by atoms with Crippen molar-refractivity contribution in [2.24, 2.45) is 0 Å². The molecule has 1 spiro atoms. The predicted octanol–water partition coefficient (Wildman–Crippen LogP) is 3.67. The Balaban J connectivity index is 1.53. The highest BCUT2D eigenvalue weighted by atomic mass is 35.5. The van der Waals surface area contributed by atoms with Crippen molar-refractivity contribution in [3.63, 3.8) is 0 Å². The van der Waals surface area contributed by atoms with E-state index in [1.54, 1.807) is 18.2 Å². The maximum atomic E-state index is 13.1. The first-order valence-electron chi connectivity index (χ1n) is 8.57. The zero-order chi connectivity index (χ0) is 19.2. The molecule has 2 aliphatic rings. The lowest BCUT2D eigenvalue weighted by atomic mass is 9.83. The molecule has 0 radical (unpaired) electrons.